The number of amides is 1. The molecule has 0 unspecified atom stereocenters. The Morgan fingerprint density at radius 2 is 2.09 bits per heavy atom. The topological polar surface area (TPSA) is 62.1 Å². The third-order valence-electron chi connectivity index (χ3n) is 5.49. The minimum atomic E-state index is -5.02. The number of halogens is 3. The zero-order valence-corrected chi connectivity index (χ0v) is 13.8. The molecule has 1 heterocycles. The van der Waals surface area contributed by atoms with Crippen molar-refractivity contribution in [2.75, 3.05) is 7.11 Å². The maximum atomic E-state index is 13.6. The molecule has 0 spiro atoms. The van der Waals surface area contributed by atoms with E-state index in [0.717, 1.165) is 13.5 Å². The van der Waals surface area contributed by atoms with Gasteiger partial charge >= 0.3 is 12.3 Å². The van der Waals surface area contributed by atoms with Crippen LogP contribution in [-0.4, -0.2) is 40.9 Å². The number of hydrogen-bond donors (Lipinski definition) is 1. The van der Waals surface area contributed by atoms with Gasteiger partial charge in [0.1, 0.15) is 0 Å². The Kier molecular flexibility index (Phi) is 4.43. The van der Waals surface area contributed by atoms with Crippen LogP contribution in [0.4, 0.5) is 18.0 Å². The molecule has 1 N–H and O–H groups in total. The van der Waals surface area contributed by atoms with Crippen LogP contribution >= 0.6 is 0 Å². The van der Waals surface area contributed by atoms with Gasteiger partial charge in [0, 0.05) is 5.71 Å². The molecule has 5 nitrogen and oxygen atoms in total. The molecule has 1 fully saturated rings. The number of carbonyl (C=O) groups is 1. The summed E-state index contributed by atoms with van der Waals surface area (Å²) in [6, 6.07) is 0. The van der Waals surface area contributed by atoms with Crippen molar-refractivity contribution < 1.29 is 27.8 Å². The third kappa shape index (κ3) is 2.70. The van der Waals surface area contributed by atoms with E-state index in [-0.39, 0.29) is 28.5 Å². The summed E-state index contributed by atoms with van der Waals surface area (Å²) < 4.78 is 45.2. The van der Waals surface area contributed by atoms with Gasteiger partial charge in [-0.15, -0.1) is 0 Å². The molecule has 0 aromatic rings. The van der Waals surface area contributed by atoms with Crippen LogP contribution in [0.2, 0.25) is 0 Å². The minimum Gasteiger partial charge on any atom is -0.451 e. The van der Waals surface area contributed by atoms with Gasteiger partial charge in [-0.05, 0) is 30.6 Å². The summed E-state index contributed by atoms with van der Waals surface area (Å²) in [5.41, 5.74) is -3.26. The number of carbonyl (C=O) groups excluding carboxylic acids is 1. The lowest BCUT2D eigenvalue weighted by Crippen LogP contribution is -2.62. The van der Waals surface area contributed by atoms with Crippen LogP contribution in [-0.2, 0) is 4.74 Å². The van der Waals surface area contributed by atoms with Gasteiger partial charge < -0.3 is 9.84 Å². The number of rotatable bonds is 2. The Balaban J connectivity index is 2.40. The van der Waals surface area contributed by atoms with E-state index in [9.17, 15) is 23.1 Å². The first-order valence-electron chi connectivity index (χ1n) is 7.73. The Hall–Kier alpha value is -1.31. The van der Waals surface area contributed by atoms with Crippen molar-refractivity contribution in [2.45, 2.75) is 58.4 Å². The molecule has 23 heavy (non-hydrogen) atoms. The second-order valence-electron chi connectivity index (χ2n) is 6.96. The molecule has 1 saturated carbocycles. The number of fused-ring (bicyclic) bond motifs is 1. The highest BCUT2D eigenvalue weighted by atomic mass is 19.4. The van der Waals surface area contributed by atoms with Gasteiger partial charge in [0.2, 0.25) is 0 Å². The summed E-state index contributed by atoms with van der Waals surface area (Å²) in [6.07, 6.45) is -4.33. The molecule has 0 bridgehead atoms. The van der Waals surface area contributed by atoms with Gasteiger partial charge in [-0.1, -0.05) is 27.2 Å². The van der Waals surface area contributed by atoms with Gasteiger partial charge in [-0.3, -0.25) is 0 Å². The number of nitrogens with zero attached hydrogens (tertiary/aromatic N) is 2. The quantitative estimate of drug-likeness (QED) is 0.839. The molecule has 0 radical (unpaired) electrons. The molecule has 0 aromatic carbocycles. The van der Waals surface area contributed by atoms with Gasteiger partial charge in [-0.2, -0.15) is 23.3 Å². The first kappa shape index (κ1) is 18.0. The number of ether oxygens (including phenoxy) is 1. The number of hydrogen-bond acceptors (Lipinski definition) is 4. The molecule has 1 aliphatic carbocycles. The first-order chi connectivity index (χ1) is 10.5. The third-order valence-corrected chi connectivity index (χ3v) is 5.49. The summed E-state index contributed by atoms with van der Waals surface area (Å²) in [4.78, 5) is 11.7. The summed E-state index contributed by atoms with van der Waals surface area (Å²) in [5.74, 6) is -1.23. The Morgan fingerprint density at radius 3 is 2.57 bits per heavy atom. The number of aliphatic hydroxyl groups is 1. The lowest BCUT2D eigenvalue weighted by atomic mass is 9.64. The van der Waals surface area contributed by atoms with Crippen LogP contribution in [0.1, 0.15) is 46.5 Å². The summed E-state index contributed by atoms with van der Waals surface area (Å²) in [5, 5.41) is 14.2. The van der Waals surface area contributed by atoms with Crippen molar-refractivity contribution in [2.24, 2.45) is 22.4 Å². The number of methoxy groups -OCH3 is 1. The number of alkyl halides is 3. The van der Waals surface area contributed by atoms with Crippen LogP contribution in [0.25, 0.3) is 0 Å². The fourth-order valence-electron chi connectivity index (χ4n) is 3.49. The molecular weight excluding hydrogens is 313 g/mol. The zero-order valence-electron chi connectivity index (χ0n) is 13.8. The van der Waals surface area contributed by atoms with E-state index in [1.54, 1.807) is 0 Å². The SMILES string of the molecule is CCC(C)(C)[C@@H]1CCC2=NN(C(=O)OC)[C@](O)(C(F)(F)F)[C@@H]2C1. The molecule has 2 rings (SSSR count). The van der Waals surface area contributed by atoms with E-state index in [2.05, 4.69) is 9.84 Å². The maximum Gasteiger partial charge on any atom is 0.439 e. The second kappa shape index (κ2) is 5.65. The Morgan fingerprint density at radius 1 is 1.48 bits per heavy atom. The molecule has 1 aliphatic heterocycles. The van der Waals surface area contributed by atoms with E-state index in [1.165, 1.54) is 0 Å². The minimum absolute atomic E-state index is 0.0166. The average molecular weight is 336 g/mol. The summed E-state index contributed by atoms with van der Waals surface area (Å²) in [7, 11) is 0.963. The van der Waals surface area contributed by atoms with Crippen molar-refractivity contribution in [1.82, 2.24) is 5.01 Å². The molecule has 8 heteroatoms. The molecule has 3 atom stereocenters. The molecule has 132 valence electrons. The monoisotopic (exact) mass is 336 g/mol. The predicted octanol–water partition coefficient (Wildman–Crippen LogP) is 3.53. The normalized spacial score (nSPS) is 31.7. The predicted molar refractivity (Wildman–Crippen MR) is 77.6 cm³/mol. The van der Waals surface area contributed by atoms with Crippen LogP contribution in [0.15, 0.2) is 5.10 Å². The van der Waals surface area contributed by atoms with E-state index in [1.807, 2.05) is 20.8 Å². The van der Waals surface area contributed by atoms with E-state index >= 15 is 0 Å². The van der Waals surface area contributed by atoms with Gasteiger partial charge in [-0.25, -0.2) is 4.79 Å². The van der Waals surface area contributed by atoms with Crippen molar-refractivity contribution in [1.29, 1.82) is 0 Å². The highest BCUT2D eigenvalue weighted by Gasteiger charge is 2.69. The van der Waals surface area contributed by atoms with Gasteiger partial charge in [0.05, 0.1) is 13.0 Å². The van der Waals surface area contributed by atoms with E-state index in [0.29, 0.717) is 12.8 Å². The highest BCUT2D eigenvalue weighted by Crippen LogP contribution is 2.52. The van der Waals surface area contributed by atoms with Crippen molar-refractivity contribution in [3.05, 3.63) is 0 Å². The number of hydrazone groups is 1. The zero-order chi connectivity index (χ0) is 17.6. The van der Waals surface area contributed by atoms with Crippen molar-refractivity contribution in [3.8, 4) is 0 Å². The van der Waals surface area contributed by atoms with Crippen LogP contribution < -0.4 is 0 Å². The lowest BCUT2D eigenvalue weighted by Gasteiger charge is -2.43. The maximum absolute atomic E-state index is 13.6. The molecule has 0 aromatic heterocycles. The van der Waals surface area contributed by atoms with Crippen LogP contribution in [0.5, 0.6) is 0 Å². The van der Waals surface area contributed by atoms with Crippen molar-refractivity contribution >= 4 is 11.8 Å². The summed E-state index contributed by atoms with van der Waals surface area (Å²) in [6.45, 7) is 6.02. The average Bonchev–Trinajstić information content (AvgIpc) is 2.80. The fourth-order valence-corrected chi connectivity index (χ4v) is 3.49. The van der Waals surface area contributed by atoms with Crippen LogP contribution in [0, 0.1) is 17.3 Å². The highest BCUT2D eigenvalue weighted by molar-refractivity contribution is 5.92. The molecule has 2 aliphatic rings. The Bertz CT molecular complexity index is 519. The van der Waals surface area contributed by atoms with E-state index in [4.69, 9.17) is 0 Å². The van der Waals surface area contributed by atoms with Crippen LogP contribution in [0.3, 0.4) is 0 Å². The summed E-state index contributed by atoms with van der Waals surface area (Å²) >= 11 is 0. The fraction of sp³-hybridized carbons (Fsp3) is 0.867. The standard InChI is InChI=1S/C15H23F3N2O3/c1-5-13(2,3)9-6-7-11-10(8-9)14(22,15(16,17)18)20(19-11)12(21)23-4/h9-10,22H,5-8H2,1-4H3/t9-,10-,14-/m1/s1. The van der Waals surface area contributed by atoms with Gasteiger partial charge in [0.25, 0.3) is 5.72 Å². The molecule has 0 saturated heterocycles. The Labute approximate surface area is 133 Å². The van der Waals surface area contributed by atoms with E-state index < -0.39 is 23.9 Å². The molecule has 1 amide bonds. The molecular formula is C15H23F3N2O3. The smallest absolute Gasteiger partial charge is 0.439 e. The second-order valence-corrected chi connectivity index (χ2v) is 6.96. The van der Waals surface area contributed by atoms with Gasteiger partial charge in [0.15, 0.2) is 0 Å². The lowest BCUT2D eigenvalue weighted by molar-refractivity contribution is -0.316. The van der Waals surface area contributed by atoms with Crippen molar-refractivity contribution in [3.63, 3.8) is 0 Å². The largest absolute Gasteiger partial charge is 0.451 e. The first-order valence-corrected chi connectivity index (χ1v) is 7.73.